The molecule has 96 valence electrons. The van der Waals surface area contributed by atoms with E-state index in [0.717, 1.165) is 32.0 Å². The van der Waals surface area contributed by atoms with E-state index in [2.05, 4.69) is 16.1 Å². The Bertz CT molecular complexity index is 446. The molecule has 0 saturated carbocycles. The summed E-state index contributed by atoms with van der Waals surface area (Å²) in [5, 5.41) is 3.06. The molecule has 1 heterocycles. The third-order valence-electron chi connectivity index (χ3n) is 3.21. The third kappa shape index (κ3) is 2.99. The molecule has 2 nitrogen and oxygen atoms in total. The minimum Gasteiger partial charge on any atom is -0.380 e. The number of halogens is 2. The summed E-state index contributed by atoms with van der Waals surface area (Å²) in [5.74, 6) is 0.997. The first-order chi connectivity index (χ1) is 8.70. The largest absolute Gasteiger partial charge is 0.380 e. The van der Waals surface area contributed by atoms with Crippen LogP contribution >= 0.6 is 0 Å². The number of likely N-dealkylation sites (tertiary alicyclic amines) is 1. The van der Waals surface area contributed by atoms with E-state index in [-0.39, 0.29) is 11.7 Å². The summed E-state index contributed by atoms with van der Waals surface area (Å²) in [5.41, 5.74) is 0.241. The van der Waals surface area contributed by atoms with Crippen molar-refractivity contribution in [1.82, 2.24) is 4.90 Å². The average Bonchev–Trinajstić information content (AvgIpc) is 2.38. The van der Waals surface area contributed by atoms with Gasteiger partial charge in [-0.15, -0.1) is 6.42 Å². The molecule has 0 unspecified atom stereocenters. The summed E-state index contributed by atoms with van der Waals surface area (Å²) in [7, 11) is 0. The summed E-state index contributed by atoms with van der Waals surface area (Å²) >= 11 is 0. The van der Waals surface area contributed by atoms with Crippen molar-refractivity contribution in [3.05, 3.63) is 29.8 Å². The van der Waals surface area contributed by atoms with Gasteiger partial charge in [0.15, 0.2) is 11.6 Å². The van der Waals surface area contributed by atoms with Gasteiger partial charge in [-0.1, -0.05) is 12.0 Å². The summed E-state index contributed by atoms with van der Waals surface area (Å²) in [4.78, 5) is 2.18. The number of hydrogen-bond acceptors (Lipinski definition) is 2. The van der Waals surface area contributed by atoms with E-state index in [4.69, 9.17) is 6.42 Å². The summed E-state index contributed by atoms with van der Waals surface area (Å²) in [6.07, 6.45) is 7.03. The fourth-order valence-corrected chi connectivity index (χ4v) is 2.20. The van der Waals surface area contributed by atoms with E-state index in [9.17, 15) is 8.78 Å². The highest BCUT2D eigenvalue weighted by Gasteiger charge is 2.19. The number of piperidine rings is 1. The SMILES string of the molecule is C#CCN1CCC(Nc2cccc(F)c2F)CC1. The van der Waals surface area contributed by atoms with Crippen LogP contribution in [0.4, 0.5) is 14.5 Å². The van der Waals surface area contributed by atoms with Crippen molar-refractivity contribution >= 4 is 5.69 Å². The van der Waals surface area contributed by atoms with Crippen LogP contribution in [-0.2, 0) is 0 Å². The summed E-state index contributed by atoms with van der Waals surface area (Å²) in [6, 6.07) is 4.37. The van der Waals surface area contributed by atoms with Crippen LogP contribution in [0.1, 0.15) is 12.8 Å². The standard InChI is InChI=1S/C14H16F2N2/c1-2-8-18-9-6-11(7-10-18)17-13-5-3-4-12(15)14(13)16/h1,3-5,11,17H,6-10H2. The maximum absolute atomic E-state index is 13.5. The van der Waals surface area contributed by atoms with E-state index in [1.807, 2.05) is 0 Å². The second-order valence-electron chi connectivity index (χ2n) is 4.50. The van der Waals surface area contributed by atoms with Crippen molar-refractivity contribution in [3.63, 3.8) is 0 Å². The predicted octanol–water partition coefficient (Wildman–Crippen LogP) is 2.47. The number of nitrogens with zero attached hydrogens (tertiary/aromatic N) is 1. The number of nitrogens with one attached hydrogen (secondary N) is 1. The molecule has 4 heteroatoms. The maximum atomic E-state index is 13.5. The molecule has 1 N–H and O–H groups in total. The van der Waals surface area contributed by atoms with E-state index >= 15 is 0 Å². The molecule has 0 spiro atoms. The second-order valence-corrected chi connectivity index (χ2v) is 4.50. The molecule has 1 aliphatic rings. The van der Waals surface area contributed by atoms with Gasteiger partial charge in [0.2, 0.25) is 0 Å². The van der Waals surface area contributed by atoms with Crippen LogP contribution in [-0.4, -0.2) is 30.6 Å². The molecule has 18 heavy (non-hydrogen) atoms. The minimum absolute atomic E-state index is 0.176. The average molecular weight is 250 g/mol. The normalized spacial score (nSPS) is 17.4. The van der Waals surface area contributed by atoms with Crippen molar-refractivity contribution < 1.29 is 8.78 Å². The highest BCUT2D eigenvalue weighted by molar-refractivity contribution is 5.45. The van der Waals surface area contributed by atoms with Crippen LogP contribution in [0.25, 0.3) is 0 Å². The quantitative estimate of drug-likeness (QED) is 0.829. The molecule has 2 rings (SSSR count). The first kappa shape index (κ1) is 12.8. The van der Waals surface area contributed by atoms with Gasteiger partial charge >= 0.3 is 0 Å². The van der Waals surface area contributed by atoms with Crippen LogP contribution < -0.4 is 5.32 Å². The lowest BCUT2D eigenvalue weighted by molar-refractivity contribution is 0.243. The predicted molar refractivity (Wildman–Crippen MR) is 68.3 cm³/mol. The molecule has 1 aliphatic heterocycles. The number of benzene rings is 1. The fourth-order valence-electron chi connectivity index (χ4n) is 2.20. The zero-order valence-electron chi connectivity index (χ0n) is 10.1. The van der Waals surface area contributed by atoms with Gasteiger partial charge in [0, 0.05) is 19.1 Å². The Hall–Kier alpha value is -1.60. The van der Waals surface area contributed by atoms with E-state index < -0.39 is 11.6 Å². The molecule has 1 aromatic carbocycles. The van der Waals surface area contributed by atoms with Gasteiger partial charge in [0.1, 0.15) is 0 Å². The molecule has 0 aromatic heterocycles. The van der Waals surface area contributed by atoms with E-state index in [0.29, 0.717) is 6.54 Å². The zero-order valence-corrected chi connectivity index (χ0v) is 10.1. The van der Waals surface area contributed by atoms with Gasteiger partial charge in [-0.25, -0.2) is 8.78 Å². The van der Waals surface area contributed by atoms with Crippen LogP contribution in [0.3, 0.4) is 0 Å². The van der Waals surface area contributed by atoms with Crippen molar-refractivity contribution in [3.8, 4) is 12.3 Å². The molecule has 1 fully saturated rings. The number of terminal acetylenes is 1. The number of hydrogen-bond donors (Lipinski definition) is 1. The van der Waals surface area contributed by atoms with Gasteiger partial charge in [0.25, 0.3) is 0 Å². The molecule has 1 aromatic rings. The molecule has 1 saturated heterocycles. The molecular formula is C14H16F2N2. The lowest BCUT2D eigenvalue weighted by atomic mass is 10.0. The van der Waals surface area contributed by atoms with Crippen LogP contribution in [0.15, 0.2) is 18.2 Å². The number of rotatable bonds is 3. The van der Waals surface area contributed by atoms with Crippen molar-refractivity contribution in [2.45, 2.75) is 18.9 Å². The first-order valence-corrected chi connectivity index (χ1v) is 6.07. The third-order valence-corrected chi connectivity index (χ3v) is 3.21. The fraction of sp³-hybridized carbons (Fsp3) is 0.429. The smallest absolute Gasteiger partial charge is 0.181 e. The minimum atomic E-state index is -0.815. The van der Waals surface area contributed by atoms with E-state index in [1.54, 1.807) is 6.07 Å². The summed E-state index contributed by atoms with van der Waals surface area (Å²) < 4.78 is 26.5. The van der Waals surface area contributed by atoms with Crippen LogP contribution in [0.5, 0.6) is 0 Å². The highest BCUT2D eigenvalue weighted by atomic mass is 19.2. The first-order valence-electron chi connectivity index (χ1n) is 6.07. The van der Waals surface area contributed by atoms with Crippen molar-refractivity contribution in [2.75, 3.05) is 25.0 Å². The second kappa shape index (κ2) is 5.83. The van der Waals surface area contributed by atoms with Crippen LogP contribution in [0, 0.1) is 24.0 Å². The van der Waals surface area contributed by atoms with Gasteiger partial charge in [-0.2, -0.15) is 0 Å². The topological polar surface area (TPSA) is 15.3 Å². The van der Waals surface area contributed by atoms with Crippen molar-refractivity contribution in [2.24, 2.45) is 0 Å². The van der Waals surface area contributed by atoms with Gasteiger partial charge in [-0.05, 0) is 25.0 Å². The van der Waals surface area contributed by atoms with E-state index in [1.165, 1.54) is 6.07 Å². The molecule has 0 radical (unpaired) electrons. The Balaban J connectivity index is 1.92. The molecule has 0 amide bonds. The highest BCUT2D eigenvalue weighted by Crippen LogP contribution is 2.20. The number of anilines is 1. The Labute approximate surface area is 106 Å². The molecule has 0 bridgehead atoms. The summed E-state index contributed by atoms with van der Waals surface area (Å²) in [6.45, 7) is 2.43. The monoisotopic (exact) mass is 250 g/mol. The molecular weight excluding hydrogens is 234 g/mol. The maximum Gasteiger partial charge on any atom is 0.181 e. The molecule has 0 aliphatic carbocycles. The van der Waals surface area contributed by atoms with Crippen molar-refractivity contribution in [1.29, 1.82) is 0 Å². The lowest BCUT2D eigenvalue weighted by Gasteiger charge is -2.31. The van der Waals surface area contributed by atoms with Gasteiger partial charge in [-0.3, -0.25) is 4.90 Å². The Morgan fingerprint density at radius 3 is 2.72 bits per heavy atom. The zero-order chi connectivity index (χ0) is 13.0. The Morgan fingerprint density at radius 2 is 2.06 bits per heavy atom. The van der Waals surface area contributed by atoms with Crippen LogP contribution in [0.2, 0.25) is 0 Å². The lowest BCUT2D eigenvalue weighted by Crippen LogP contribution is -2.39. The Kier molecular flexibility index (Phi) is 4.16. The van der Waals surface area contributed by atoms with Gasteiger partial charge < -0.3 is 5.32 Å². The molecule has 0 atom stereocenters. The van der Waals surface area contributed by atoms with Gasteiger partial charge in [0.05, 0.1) is 12.2 Å². The Morgan fingerprint density at radius 1 is 1.33 bits per heavy atom.